The molecule has 0 bridgehead atoms. The second kappa shape index (κ2) is 2.54. The summed E-state index contributed by atoms with van der Waals surface area (Å²) in [6, 6.07) is 0. The Kier molecular flexibility index (Phi) is 1.74. The van der Waals surface area contributed by atoms with E-state index in [9.17, 15) is 0 Å². The highest BCUT2D eigenvalue weighted by atomic mass is 14.7. The molecule has 0 aromatic rings. The zero-order chi connectivity index (χ0) is 10.6. The lowest BCUT2D eigenvalue weighted by atomic mass is 9.29. The van der Waals surface area contributed by atoms with Crippen molar-refractivity contribution >= 4 is 0 Å². The van der Waals surface area contributed by atoms with E-state index >= 15 is 0 Å². The summed E-state index contributed by atoms with van der Waals surface area (Å²) in [6.45, 7) is 14.7. The van der Waals surface area contributed by atoms with E-state index in [0.717, 1.165) is 0 Å². The molecule has 0 heteroatoms. The van der Waals surface area contributed by atoms with Crippen LogP contribution in [0.5, 0.6) is 0 Å². The molecule has 14 heavy (non-hydrogen) atoms. The van der Waals surface area contributed by atoms with Crippen LogP contribution in [-0.4, -0.2) is 0 Å². The predicted molar refractivity (Wildman–Crippen MR) is 60.6 cm³/mol. The molecule has 2 aliphatic carbocycles. The Morgan fingerprint density at radius 2 is 2.14 bits per heavy atom. The maximum atomic E-state index is 4.19. The maximum absolute atomic E-state index is 4.19. The van der Waals surface area contributed by atoms with Crippen LogP contribution in [0.1, 0.15) is 27.2 Å². The van der Waals surface area contributed by atoms with Crippen LogP contribution < -0.4 is 0 Å². The first kappa shape index (κ1) is 9.59. The smallest absolute Gasteiger partial charge is 0.0282 e. The number of allylic oxidation sites excluding steroid dienone is 2. The van der Waals surface area contributed by atoms with E-state index in [1.165, 1.54) is 12.0 Å². The summed E-state index contributed by atoms with van der Waals surface area (Å²) in [5.74, 6) is 7.39. The van der Waals surface area contributed by atoms with Gasteiger partial charge in [0.2, 0.25) is 0 Å². The minimum absolute atomic E-state index is 0.314. The lowest BCUT2D eigenvalue weighted by Gasteiger charge is -2.74. The molecule has 0 nitrogen and oxygen atoms in total. The van der Waals surface area contributed by atoms with E-state index in [4.69, 9.17) is 0 Å². The van der Waals surface area contributed by atoms with Crippen molar-refractivity contribution in [3.8, 4) is 11.8 Å². The highest BCUT2D eigenvalue weighted by Gasteiger charge is 2.72. The molecule has 0 radical (unpaired) electrons. The average molecular weight is 186 g/mol. The molecular formula is C14H18. The first-order valence-corrected chi connectivity index (χ1v) is 5.26. The van der Waals surface area contributed by atoms with Crippen LogP contribution in [0.4, 0.5) is 0 Å². The van der Waals surface area contributed by atoms with Gasteiger partial charge in [-0.15, -0.1) is 12.5 Å². The molecule has 4 unspecified atom stereocenters. The minimum Gasteiger partial charge on any atom is -0.106 e. The van der Waals surface area contributed by atoms with Gasteiger partial charge in [0.25, 0.3) is 0 Å². The summed E-state index contributed by atoms with van der Waals surface area (Å²) in [6.07, 6.45) is 3.24. The summed E-state index contributed by atoms with van der Waals surface area (Å²) in [5.41, 5.74) is 2.01. The van der Waals surface area contributed by atoms with Crippen LogP contribution in [-0.2, 0) is 0 Å². The molecule has 0 amide bonds. The van der Waals surface area contributed by atoms with Crippen LogP contribution in [0.2, 0.25) is 0 Å². The summed E-state index contributed by atoms with van der Waals surface area (Å²) in [5, 5.41) is 0. The second-order valence-electron chi connectivity index (χ2n) is 5.00. The molecule has 74 valence electrons. The van der Waals surface area contributed by atoms with Crippen LogP contribution in [0.15, 0.2) is 24.8 Å². The summed E-state index contributed by atoms with van der Waals surface area (Å²) >= 11 is 0. The van der Waals surface area contributed by atoms with Crippen molar-refractivity contribution in [2.75, 3.05) is 0 Å². The van der Waals surface area contributed by atoms with Gasteiger partial charge in [-0.1, -0.05) is 38.0 Å². The first-order valence-electron chi connectivity index (χ1n) is 5.26. The van der Waals surface area contributed by atoms with Crippen molar-refractivity contribution in [2.45, 2.75) is 27.2 Å². The lowest BCUT2D eigenvalue weighted by Crippen LogP contribution is -2.68. The van der Waals surface area contributed by atoms with E-state index in [-0.39, 0.29) is 0 Å². The van der Waals surface area contributed by atoms with Crippen molar-refractivity contribution in [1.29, 1.82) is 0 Å². The SMILES string of the molecule is C=CC1C(=C)C2(C)CC(C#CC)C12C. The highest BCUT2D eigenvalue weighted by molar-refractivity contribution is 5.44. The van der Waals surface area contributed by atoms with Crippen LogP contribution >= 0.6 is 0 Å². The van der Waals surface area contributed by atoms with Crippen molar-refractivity contribution in [1.82, 2.24) is 0 Å². The van der Waals surface area contributed by atoms with Gasteiger partial charge >= 0.3 is 0 Å². The highest BCUT2D eigenvalue weighted by Crippen LogP contribution is 2.77. The third-order valence-electron chi connectivity index (χ3n) is 4.81. The van der Waals surface area contributed by atoms with Crippen LogP contribution in [0, 0.1) is 34.5 Å². The number of hydrogen-bond donors (Lipinski definition) is 0. The normalized spacial score (nSPS) is 49.2. The predicted octanol–water partition coefficient (Wildman–Crippen LogP) is 3.41. The van der Waals surface area contributed by atoms with Crippen LogP contribution in [0.3, 0.4) is 0 Å². The van der Waals surface area contributed by atoms with Gasteiger partial charge in [-0.2, -0.15) is 0 Å². The second-order valence-corrected chi connectivity index (χ2v) is 5.00. The molecule has 0 aromatic carbocycles. The first-order chi connectivity index (χ1) is 6.52. The van der Waals surface area contributed by atoms with Crippen molar-refractivity contribution in [3.05, 3.63) is 24.8 Å². The average Bonchev–Trinajstić information content (AvgIpc) is 2.17. The van der Waals surface area contributed by atoms with Gasteiger partial charge in [0.05, 0.1) is 0 Å². The largest absolute Gasteiger partial charge is 0.106 e. The minimum atomic E-state index is 0.314. The molecule has 2 saturated carbocycles. The third kappa shape index (κ3) is 0.694. The number of fused-ring (bicyclic) bond motifs is 1. The molecule has 0 N–H and O–H groups in total. The lowest BCUT2D eigenvalue weighted by molar-refractivity contribution is -0.160. The van der Waals surface area contributed by atoms with Crippen molar-refractivity contribution in [2.24, 2.45) is 22.7 Å². The molecule has 2 fully saturated rings. The fourth-order valence-electron chi connectivity index (χ4n) is 3.52. The van der Waals surface area contributed by atoms with Gasteiger partial charge < -0.3 is 0 Å². The van der Waals surface area contributed by atoms with Crippen molar-refractivity contribution < 1.29 is 0 Å². The van der Waals surface area contributed by atoms with Gasteiger partial charge in [-0.3, -0.25) is 0 Å². The monoisotopic (exact) mass is 186 g/mol. The third-order valence-corrected chi connectivity index (χ3v) is 4.81. The molecule has 0 aromatic heterocycles. The van der Waals surface area contributed by atoms with E-state index < -0.39 is 0 Å². The summed E-state index contributed by atoms with van der Waals surface area (Å²) in [4.78, 5) is 0. The van der Waals surface area contributed by atoms with E-state index in [1.807, 2.05) is 13.0 Å². The van der Waals surface area contributed by atoms with Gasteiger partial charge in [0, 0.05) is 17.3 Å². The quantitative estimate of drug-likeness (QED) is 0.435. The number of rotatable bonds is 1. The van der Waals surface area contributed by atoms with Crippen LogP contribution in [0.25, 0.3) is 0 Å². The van der Waals surface area contributed by atoms with Gasteiger partial charge in [0.1, 0.15) is 0 Å². The fraction of sp³-hybridized carbons (Fsp3) is 0.571. The standard InChI is InChI=1S/C14H18/c1-6-8-11-9-13(4)10(3)12(7-2)14(11,13)5/h7,11-12H,2-3,9H2,1,4-5H3. The number of hydrogen-bond acceptors (Lipinski definition) is 0. The molecule has 2 rings (SSSR count). The van der Waals surface area contributed by atoms with Gasteiger partial charge in [-0.25, -0.2) is 0 Å². The van der Waals surface area contributed by atoms with E-state index in [1.54, 1.807) is 0 Å². The molecule has 0 spiro atoms. The molecule has 0 heterocycles. The Morgan fingerprint density at radius 3 is 2.64 bits per heavy atom. The Morgan fingerprint density at radius 1 is 1.50 bits per heavy atom. The summed E-state index contributed by atoms with van der Waals surface area (Å²) < 4.78 is 0. The Hall–Kier alpha value is -0.960. The Labute approximate surface area is 87.1 Å². The summed E-state index contributed by atoms with van der Waals surface area (Å²) in [7, 11) is 0. The van der Waals surface area contributed by atoms with Crippen molar-refractivity contribution in [3.63, 3.8) is 0 Å². The maximum Gasteiger partial charge on any atom is 0.0282 e. The van der Waals surface area contributed by atoms with Gasteiger partial charge in [-0.05, 0) is 18.8 Å². The molecule has 4 atom stereocenters. The molecular weight excluding hydrogens is 168 g/mol. The Balaban J connectivity index is 2.34. The zero-order valence-corrected chi connectivity index (χ0v) is 9.35. The molecule has 0 aliphatic heterocycles. The zero-order valence-electron chi connectivity index (χ0n) is 9.35. The molecule has 0 saturated heterocycles. The van der Waals surface area contributed by atoms with E-state index in [0.29, 0.717) is 22.7 Å². The fourth-order valence-corrected chi connectivity index (χ4v) is 3.52. The topological polar surface area (TPSA) is 0 Å². The van der Waals surface area contributed by atoms with E-state index in [2.05, 4.69) is 38.8 Å². The molecule has 2 aliphatic rings. The van der Waals surface area contributed by atoms with Gasteiger partial charge in [0.15, 0.2) is 0 Å². The Bertz CT molecular complexity index is 365.